The van der Waals surface area contributed by atoms with Crippen molar-refractivity contribution in [3.63, 3.8) is 0 Å². The zero-order valence-electron chi connectivity index (χ0n) is 15.3. The molecule has 4 heteroatoms. The lowest BCUT2D eigenvalue weighted by Crippen LogP contribution is -2.18. The largest absolute Gasteiger partial charge is 0.492 e. The Balaban J connectivity index is 3.27. The van der Waals surface area contributed by atoms with E-state index in [1.54, 1.807) is 0 Å². The van der Waals surface area contributed by atoms with Crippen molar-refractivity contribution in [1.82, 2.24) is 0 Å². The maximum atomic E-state index is 12.6. The summed E-state index contributed by atoms with van der Waals surface area (Å²) in [5.41, 5.74) is 1.03. The highest BCUT2D eigenvalue weighted by Crippen LogP contribution is 2.34. The van der Waals surface area contributed by atoms with E-state index in [9.17, 15) is 8.42 Å². The van der Waals surface area contributed by atoms with Gasteiger partial charge in [-0.15, -0.1) is 0 Å². The molecule has 0 atom stereocenters. The summed E-state index contributed by atoms with van der Waals surface area (Å²) in [6.07, 6.45) is 4.66. The number of benzene rings is 1. The number of unbranched alkanes of at least 4 members (excludes halogenated alkanes) is 1. The molecule has 1 rings (SSSR count). The zero-order chi connectivity index (χ0) is 17.5. The van der Waals surface area contributed by atoms with Crippen LogP contribution in [0.4, 0.5) is 0 Å². The lowest BCUT2D eigenvalue weighted by atomic mass is 9.81. The Hall–Kier alpha value is -1.03. The SMILES string of the molecule is CCCCOc1ccc(C(C)(C)CCC)cc1S(=O)(=O)CCC. The van der Waals surface area contributed by atoms with Gasteiger partial charge in [0.05, 0.1) is 12.4 Å². The summed E-state index contributed by atoms with van der Waals surface area (Å²) in [4.78, 5) is 0.358. The van der Waals surface area contributed by atoms with E-state index in [4.69, 9.17) is 4.74 Å². The molecule has 0 fully saturated rings. The molecule has 0 heterocycles. The minimum absolute atomic E-state index is 0.0345. The lowest BCUT2D eigenvalue weighted by Gasteiger charge is -2.26. The van der Waals surface area contributed by atoms with E-state index in [1.807, 2.05) is 25.1 Å². The molecule has 0 saturated heterocycles. The molecule has 0 N–H and O–H groups in total. The number of hydrogen-bond acceptors (Lipinski definition) is 3. The third-order valence-corrected chi connectivity index (χ3v) is 6.10. The maximum absolute atomic E-state index is 12.6. The van der Waals surface area contributed by atoms with Crippen LogP contribution in [-0.4, -0.2) is 20.8 Å². The summed E-state index contributed by atoms with van der Waals surface area (Å²) in [6, 6.07) is 5.69. The number of rotatable bonds is 10. The van der Waals surface area contributed by atoms with Crippen LogP contribution in [0.25, 0.3) is 0 Å². The van der Waals surface area contributed by atoms with Crippen LogP contribution in [0.1, 0.15) is 72.3 Å². The van der Waals surface area contributed by atoms with Gasteiger partial charge in [-0.2, -0.15) is 0 Å². The Bertz CT molecular complexity index is 589. The molecule has 0 aliphatic carbocycles. The summed E-state index contributed by atoms with van der Waals surface area (Å²) in [5, 5.41) is 0. The van der Waals surface area contributed by atoms with Crippen LogP contribution in [0.3, 0.4) is 0 Å². The number of hydrogen-bond donors (Lipinski definition) is 0. The summed E-state index contributed by atoms with van der Waals surface area (Å²) < 4.78 is 31.0. The Morgan fingerprint density at radius 2 is 1.74 bits per heavy atom. The maximum Gasteiger partial charge on any atom is 0.182 e. The van der Waals surface area contributed by atoms with Crippen molar-refractivity contribution in [3.05, 3.63) is 23.8 Å². The van der Waals surface area contributed by atoms with Crippen LogP contribution in [0.5, 0.6) is 5.75 Å². The number of sulfone groups is 1. The molecule has 0 radical (unpaired) electrons. The van der Waals surface area contributed by atoms with Crippen molar-refractivity contribution in [3.8, 4) is 5.75 Å². The van der Waals surface area contributed by atoms with Crippen LogP contribution < -0.4 is 4.74 Å². The van der Waals surface area contributed by atoms with Gasteiger partial charge in [0.15, 0.2) is 9.84 Å². The van der Waals surface area contributed by atoms with Gasteiger partial charge in [-0.3, -0.25) is 0 Å². The first kappa shape index (κ1) is 20.0. The van der Waals surface area contributed by atoms with Crippen molar-refractivity contribution < 1.29 is 13.2 Å². The minimum atomic E-state index is -3.30. The summed E-state index contributed by atoms with van der Waals surface area (Å²) >= 11 is 0. The van der Waals surface area contributed by atoms with Crippen LogP contribution in [-0.2, 0) is 15.3 Å². The predicted molar refractivity (Wildman–Crippen MR) is 97.1 cm³/mol. The molecule has 0 spiro atoms. The van der Waals surface area contributed by atoms with Gasteiger partial charge in [-0.1, -0.05) is 53.5 Å². The van der Waals surface area contributed by atoms with Crippen LogP contribution >= 0.6 is 0 Å². The molecule has 23 heavy (non-hydrogen) atoms. The molecular formula is C19H32O3S. The van der Waals surface area contributed by atoms with Gasteiger partial charge in [0, 0.05) is 0 Å². The monoisotopic (exact) mass is 340 g/mol. The average Bonchev–Trinajstić information content (AvgIpc) is 2.47. The second-order valence-corrected chi connectivity index (χ2v) is 8.89. The first-order valence-electron chi connectivity index (χ1n) is 8.78. The molecule has 0 aromatic heterocycles. The second-order valence-electron chi connectivity index (χ2n) is 6.82. The smallest absolute Gasteiger partial charge is 0.182 e. The van der Waals surface area contributed by atoms with Gasteiger partial charge in [0.1, 0.15) is 10.6 Å². The quantitative estimate of drug-likeness (QED) is 0.555. The molecule has 1 aromatic rings. The standard InChI is InChI=1S/C19H32O3S/c1-6-9-13-22-17-11-10-16(19(4,5)12-7-2)15-18(17)23(20,21)14-8-3/h10-11,15H,6-9,12-14H2,1-5H3. The Morgan fingerprint density at radius 3 is 2.30 bits per heavy atom. The fourth-order valence-corrected chi connectivity index (χ4v) is 4.26. The van der Waals surface area contributed by atoms with Crippen LogP contribution in [0.15, 0.2) is 23.1 Å². The molecular weight excluding hydrogens is 308 g/mol. The molecule has 1 aromatic carbocycles. The summed E-state index contributed by atoms with van der Waals surface area (Å²) in [7, 11) is -3.30. The van der Waals surface area contributed by atoms with Crippen molar-refractivity contribution in [1.29, 1.82) is 0 Å². The topological polar surface area (TPSA) is 43.4 Å². The highest BCUT2D eigenvalue weighted by molar-refractivity contribution is 7.91. The Morgan fingerprint density at radius 1 is 1.04 bits per heavy atom. The van der Waals surface area contributed by atoms with Crippen molar-refractivity contribution in [2.24, 2.45) is 0 Å². The van der Waals surface area contributed by atoms with E-state index in [0.29, 0.717) is 23.7 Å². The molecule has 3 nitrogen and oxygen atoms in total. The van der Waals surface area contributed by atoms with E-state index >= 15 is 0 Å². The summed E-state index contributed by atoms with van der Waals surface area (Å²) in [6.45, 7) is 11.0. The van der Waals surface area contributed by atoms with E-state index in [2.05, 4.69) is 27.7 Å². The van der Waals surface area contributed by atoms with E-state index in [1.165, 1.54) is 0 Å². The van der Waals surface area contributed by atoms with E-state index < -0.39 is 9.84 Å². The molecule has 0 unspecified atom stereocenters. The van der Waals surface area contributed by atoms with Crippen molar-refractivity contribution in [2.75, 3.05) is 12.4 Å². The van der Waals surface area contributed by atoms with E-state index in [0.717, 1.165) is 31.2 Å². The predicted octanol–water partition coefficient (Wildman–Crippen LogP) is 5.13. The first-order valence-corrected chi connectivity index (χ1v) is 10.4. The zero-order valence-corrected chi connectivity index (χ0v) is 16.1. The summed E-state index contributed by atoms with van der Waals surface area (Å²) in [5.74, 6) is 0.664. The van der Waals surface area contributed by atoms with Gasteiger partial charge in [-0.25, -0.2) is 8.42 Å². The van der Waals surface area contributed by atoms with E-state index in [-0.39, 0.29) is 11.2 Å². The average molecular weight is 341 g/mol. The van der Waals surface area contributed by atoms with Crippen molar-refractivity contribution >= 4 is 9.84 Å². The molecule has 0 amide bonds. The molecule has 0 saturated carbocycles. The normalized spacial score (nSPS) is 12.4. The van der Waals surface area contributed by atoms with Crippen LogP contribution in [0, 0.1) is 0 Å². The minimum Gasteiger partial charge on any atom is -0.492 e. The van der Waals surface area contributed by atoms with Crippen LogP contribution in [0.2, 0.25) is 0 Å². The highest BCUT2D eigenvalue weighted by atomic mass is 32.2. The van der Waals surface area contributed by atoms with Gasteiger partial charge in [0.2, 0.25) is 0 Å². The van der Waals surface area contributed by atoms with Gasteiger partial charge in [-0.05, 0) is 42.4 Å². The molecule has 132 valence electrons. The van der Waals surface area contributed by atoms with Crippen molar-refractivity contribution in [2.45, 2.75) is 77.0 Å². The lowest BCUT2D eigenvalue weighted by molar-refractivity contribution is 0.301. The molecule has 0 bridgehead atoms. The van der Waals surface area contributed by atoms with Gasteiger partial charge < -0.3 is 4.74 Å². The first-order chi connectivity index (χ1) is 10.8. The Kier molecular flexibility index (Phi) is 7.59. The third-order valence-electron chi connectivity index (χ3n) is 4.16. The molecule has 0 aliphatic rings. The Labute approximate surface area is 142 Å². The second kappa shape index (κ2) is 8.72. The third kappa shape index (κ3) is 5.52. The van der Waals surface area contributed by atoms with Gasteiger partial charge >= 0.3 is 0 Å². The highest BCUT2D eigenvalue weighted by Gasteiger charge is 2.25. The number of ether oxygens (including phenoxy) is 1. The molecule has 0 aliphatic heterocycles. The fraction of sp³-hybridized carbons (Fsp3) is 0.684. The fourth-order valence-electron chi connectivity index (χ4n) is 2.77. The van der Waals surface area contributed by atoms with Gasteiger partial charge in [0.25, 0.3) is 0 Å².